The third kappa shape index (κ3) is 3.12. The molecule has 0 bridgehead atoms. The van der Waals surface area contributed by atoms with Crippen molar-refractivity contribution in [2.45, 2.75) is 6.54 Å². The van der Waals surface area contributed by atoms with Crippen molar-refractivity contribution < 1.29 is 14.3 Å². The van der Waals surface area contributed by atoms with Crippen molar-refractivity contribution in [2.75, 3.05) is 0 Å². The van der Waals surface area contributed by atoms with Gasteiger partial charge in [-0.1, -0.05) is 40.2 Å². The summed E-state index contributed by atoms with van der Waals surface area (Å²) >= 11 is 3.36. The number of rotatable bonds is 3. The number of carbonyl (C=O) groups excluding carboxylic acids is 1. The first-order valence-corrected chi connectivity index (χ1v) is 6.38. The summed E-state index contributed by atoms with van der Waals surface area (Å²) in [6.45, 7) is 0.244. The highest BCUT2D eigenvalue weighted by atomic mass is 79.9. The Hall–Kier alpha value is -1.88. The maximum atomic E-state index is 13.5. The Bertz CT molecular complexity index is 596. The van der Waals surface area contributed by atoms with E-state index in [-0.39, 0.29) is 17.9 Å². The molecule has 0 spiro atoms. The molecule has 0 aromatic heterocycles. The molecule has 1 amide bonds. The number of aromatic hydroxyl groups is 1. The van der Waals surface area contributed by atoms with Crippen molar-refractivity contribution in [2.24, 2.45) is 0 Å². The Kier molecular flexibility index (Phi) is 4.16. The van der Waals surface area contributed by atoms with Crippen molar-refractivity contribution in [1.29, 1.82) is 0 Å². The van der Waals surface area contributed by atoms with Crippen LogP contribution < -0.4 is 5.32 Å². The molecule has 0 atom stereocenters. The fourth-order valence-electron chi connectivity index (χ4n) is 1.64. The number of benzene rings is 2. The lowest BCUT2D eigenvalue weighted by Crippen LogP contribution is -2.24. The summed E-state index contributed by atoms with van der Waals surface area (Å²) in [6, 6.07) is 11.1. The van der Waals surface area contributed by atoms with E-state index in [9.17, 15) is 14.3 Å². The van der Waals surface area contributed by atoms with E-state index in [1.54, 1.807) is 0 Å². The molecule has 0 saturated heterocycles. The predicted molar refractivity (Wildman–Crippen MR) is 73.4 cm³/mol. The van der Waals surface area contributed by atoms with E-state index in [1.807, 2.05) is 24.3 Å². The van der Waals surface area contributed by atoms with Gasteiger partial charge in [0.25, 0.3) is 5.91 Å². The molecule has 2 aromatic carbocycles. The van der Waals surface area contributed by atoms with Gasteiger partial charge in [-0.2, -0.15) is 0 Å². The highest BCUT2D eigenvalue weighted by Crippen LogP contribution is 2.20. The van der Waals surface area contributed by atoms with Gasteiger partial charge >= 0.3 is 0 Å². The van der Waals surface area contributed by atoms with Gasteiger partial charge in [-0.15, -0.1) is 0 Å². The summed E-state index contributed by atoms with van der Waals surface area (Å²) in [5.74, 6) is -1.76. The summed E-state index contributed by atoms with van der Waals surface area (Å²) in [5.41, 5.74) is 0.529. The van der Waals surface area contributed by atoms with Gasteiger partial charge in [0.15, 0.2) is 0 Å². The van der Waals surface area contributed by atoms with Crippen LogP contribution in [0.25, 0.3) is 0 Å². The minimum Gasteiger partial charge on any atom is -0.507 e. The normalized spacial score (nSPS) is 10.2. The van der Waals surface area contributed by atoms with Crippen LogP contribution in [0.15, 0.2) is 46.9 Å². The molecule has 0 radical (unpaired) electrons. The lowest BCUT2D eigenvalue weighted by atomic mass is 10.1. The number of phenols is 1. The van der Waals surface area contributed by atoms with Crippen molar-refractivity contribution in [3.8, 4) is 5.75 Å². The second-order valence-corrected chi connectivity index (χ2v) is 4.76. The topological polar surface area (TPSA) is 49.3 Å². The van der Waals surface area contributed by atoms with Gasteiger partial charge < -0.3 is 10.4 Å². The van der Waals surface area contributed by atoms with Crippen LogP contribution in [0.3, 0.4) is 0 Å². The smallest absolute Gasteiger partial charge is 0.258 e. The van der Waals surface area contributed by atoms with Crippen LogP contribution in [0.5, 0.6) is 5.75 Å². The molecular formula is C14H11BrFNO2. The van der Waals surface area contributed by atoms with E-state index in [1.165, 1.54) is 12.1 Å². The molecule has 0 aliphatic rings. The quantitative estimate of drug-likeness (QED) is 0.911. The molecule has 0 saturated carbocycles. The summed E-state index contributed by atoms with van der Waals surface area (Å²) in [7, 11) is 0. The van der Waals surface area contributed by atoms with Crippen LogP contribution in [-0.4, -0.2) is 11.0 Å². The first kappa shape index (κ1) is 13.5. The van der Waals surface area contributed by atoms with Crippen molar-refractivity contribution in [1.82, 2.24) is 5.32 Å². The molecule has 0 aliphatic heterocycles. The molecule has 0 aliphatic carbocycles. The minimum absolute atomic E-state index is 0.244. The second-order valence-electron chi connectivity index (χ2n) is 3.91. The molecule has 2 N–H and O–H groups in total. The number of carbonyl (C=O) groups is 1. The average Bonchev–Trinajstić information content (AvgIpc) is 2.37. The Morgan fingerprint density at radius 2 is 1.95 bits per heavy atom. The van der Waals surface area contributed by atoms with Gasteiger partial charge in [0.1, 0.15) is 17.1 Å². The highest BCUT2D eigenvalue weighted by molar-refractivity contribution is 9.10. The molecule has 19 heavy (non-hydrogen) atoms. The van der Waals surface area contributed by atoms with Crippen LogP contribution in [-0.2, 0) is 6.54 Å². The Balaban J connectivity index is 2.13. The zero-order valence-electron chi connectivity index (χ0n) is 9.86. The first-order chi connectivity index (χ1) is 9.09. The average molecular weight is 324 g/mol. The third-order valence-corrected chi connectivity index (χ3v) is 3.39. The summed E-state index contributed by atoms with van der Waals surface area (Å²) in [5, 5.41) is 12.1. The number of halogens is 2. The van der Waals surface area contributed by atoms with E-state index < -0.39 is 11.7 Å². The Morgan fingerprint density at radius 1 is 1.21 bits per heavy atom. The molecule has 2 aromatic rings. The summed E-state index contributed by atoms with van der Waals surface area (Å²) < 4.78 is 14.3. The SMILES string of the molecule is O=C(NCc1ccccc1Br)c1c(O)cccc1F. The highest BCUT2D eigenvalue weighted by Gasteiger charge is 2.16. The number of hydrogen-bond acceptors (Lipinski definition) is 2. The summed E-state index contributed by atoms with van der Waals surface area (Å²) in [4.78, 5) is 11.8. The number of nitrogens with one attached hydrogen (secondary N) is 1. The second kappa shape index (κ2) is 5.84. The molecule has 0 unspecified atom stereocenters. The van der Waals surface area contributed by atoms with E-state index >= 15 is 0 Å². The summed E-state index contributed by atoms with van der Waals surface area (Å²) in [6.07, 6.45) is 0. The fourth-order valence-corrected chi connectivity index (χ4v) is 2.07. The van der Waals surface area contributed by atoms with Crippen molar-refractivity contribution >= 4 is 21.8 Å². The van der Waals surface area contributed by atoms with Crippen LogP contribution in [0, 0.1) is 5.82 Å². The third-order valence-electron chi connectivity index (χ3n) is 2.62. The van der Waals surface area contributed by atoms with Crippen molar-refractivity contribution in [3.63, 3.8) is 0 Å². The van der Waals surface area contributed by atoms with Crippen LogP contribution in [0.1, 0.15) is 15.9 Å². The van der Waals surface area contributed by atoms with E-state index in [0.29, 0.717) is 0 Å². The molecule has 0 heterocycles. The standard InChI is InChI=1S/C14H11BrFNO2/c15-10-5-2-1-4-9(10)8-17-14(19)13-11(16)6-3-7-12(13)18/h1-7,18H,8H2,(H,17,19). The lowest BCUT2D eigenvalue weighted by Gasteiger charge is -2.08. The number of hydrogen-bond donors (Lipinski definition) is 2. The Morgan fingerprint density at radius 3 is 2.63 bits per heavy atom. The first-order valence-electron chi connectivity index (χ1n) is 5.58. The largest absolute Gasteiger partial charge is 0.507 e. The van der Waals surface area contributed by atoms with Gasteiger partial charge in [-0.3, -0.25) is 4.79 Å². The molecule has 98 valence electrons. The Labute approximate surface area is 118 Å². The fraction of sp³-hybridized carbons (Fsp3) is 0.0714. The molecule has 0 fully saturated rings. The maximum absolute atomic E-state index is 13.5. The molecular weight excluding hydrogens is 313 g/mol. The molecule has 3 nitrogen and oxygen atoms in total. The van der Waals surface area contributed by atoms with Crippen LogP contribution in [0.4, 0.5) is 4.39 Å². The minimum atomic E-state index is -0.746. The van der Waals surface area contributed by atoms with Gasteiger partial charge in [-0.05, 0) is 23.8 Å². The number of amides is 1. The molecule has 5 heteroatoms. The molecule has 2 rings (SSSR count). The van der Waals surface area contributed by atoms with Gasteiger partial charge in [0.2, 0.25) is 0 Å². The monoisotopic (exact) mass is 323 g/mol. The lowest BCUT2D eigenvalue weighted by molar-refractivity contribution is 0.0944. The predicted octanol–water partition coefficient (Wildman–Crippen LogP) is 3.22. The van der Waals surface area contributed by atoms with Crippen LogP contribution in [0.2, 0.25) is 0 Å². The zero-order valence-corrected chi connectivity index (χ0v) is 11.4. The van der Waals surface area contributed by atoms with E-state index in [0.717, 1.165) is 16.1 Å². The van der Waals surface area contributed by atoms with Crippen molar-refractivity contribution in [3.05, 3.63) is 63.9 Å². The van der Waals surface area contributed by atoms with Gasteiger partial charge in [0, 0.05) is 11.0 Å². The maximum Gasteiger partial charge on any atom is 0.258 e. The zero-order chi connectivity index (χ0) is 13.8. The van der Waals surface area contributed by atoms with Crippen LogP contribution >= 0.6 is 15.9 Å². The van der Waals surface area contributed by atoms with E-state index in [2.05, 4.69) is 21.2 Å². The number of phenolic OH excluding ortho intramolecular Hbond substituents is 1. The van der Waals surface area contributed by atoms with Gasteiger partial charge in [-0.25, -0.2) is 4.39 Å². The van der Waals surface area contributed by atoms with Gasteiger partial charge in [0.05, 0.1) is 0 Å². The van der Waals surface area contributed by atoms with E-state index in [4.69, 9.17) is 0 Å².